The molecule has 82 valence electrons. The normalized spacial score (nSPS) is 17.9. The molecule has 2 rings (SSSR count). The fraction of sp³-hybridized carbons (Fsp3) is 0.500. The smallest absolute Gasteiger partial charge is 0.0685 e. The average Bonchev–Trinajstić information content (AvgIpc) is 2.31. The lowest BCUT2D eigenvalue weighted by molar-refractivity contribution is 0.228. The third-order valence-corrected chi connectivity index (χ3v) is 2.89. The van der Waals surface area contributed by atoms with Crippen molar-refractivity contribution >= 4 is 0 Å². The number of piperazine rings is 1. The zero-order valence-electron chi connectivity index (χ0n) is 8.95. The third-order valence-electron chi connectivity index (χ3n) is 2.89. The number of hydrogen-bond acceptors (Lipinski definition) is 3. The van der Waals surface area contributed by atoms with E-state index >= 15 is 0 Å². The molecule has 3 heteroatoms. The lowest BCUT2D eigenvalue weighted by Gasteiger charge is -2.27. The van der Waals surface area contributed by atoms with Crippen molar-refractivity contribution in [3.8, 4) is 0 Å². The van der Waals surface area contributed by atoms with Crippen LogP contribution in [0.2, 0.25) is 0 Å². The van der Waals surface area contributed by atoms with Crippen LogP contribution >= 0.6 is 0 Å². The van der Waals surface area contributed by atoms with E-state index in [-0.39, 0.29) is 6.61 Å². The molecule has 0 aliphatic carbocycles. The Morgan fingerprint density at radius 3 is 2.47 bits per heavy atom. The molecule has 0 atom stereocenters. The zero-order valence-corrected chi connectivity index (χ0v) is 8.95. The minimum Gasteiger partial charge on any atom is -0.392 e. The van der Waals surface area contributed by atoms with Crippen LogP contribution in [0.5, 0.6) is 0 Å². The van der Waals surface area contributed by atoms with Gasteiger partial charge in [0, 0.05) is 32.7 Å². The SMILES string of the molecule is OCc1ccccc1CN1CCNCC1. The maximum absolute atomic E-state index is 9.22. The summed E-state index contributed by atoms with van der Waals surface area (Å²) in [5, 5.41) is 12.6. The maximum Gasteiger partial charge on any atom is 0.0685 e. The molecule has 1 aliphatic rings. The molecule has 1 aliphatic heterocycles. The van der Waals surface area contributed by atoms with Crippen molar-refractivity contribution in [3.05, 3.63) is 35.4 Å². The Bertz CT molecular complexity index is 308. The van der Waals surface area contributed by atoms with Gasteiger partial charge in [-0.05, 0) is 11.1 Å². The van der Waals surface area contributed by atoms with Crippen molar-refractivity contribution in [2.45, 2.75) is 13.2 Å². The van der Waals surface area contributed by atoms with Crippen molar-refractivity contribution in [2.75, 3.05) is 26.2 Å². The van der Waals surface area contributed by atoms with E-state index < -0.39 is 0 Å². The molecular weight excluding hydrogens is 188 g/mol. The van der Waals surface area contributed by atoms with E-state index in [0.717, 1.165) is 38.3 Å². The molecular formula is C12H18N2O. The predicted octanol–water partition coefficient (Wildman–Crippen LogP) is 0.584. The first-order valence-electron chi connectivity index (χ1n) is 5.51. The molecule has 3 nitrogen and oxygen atoms in total. The van der Waals surface area contributed by atoms with Crippen molar-refractivity contribution in [3.63, 3.8) is 0 Å². The fourth-order valence-electron chi connectivity index (χ4n) is 1.98. The number of aliphatic hydroxyl groups excluding tert-OH is 1. The predicted molar refractivity (Wildman–Crippen MR) is 60.5 cm³/mol. The molecule has 1 aromatic rings. The Balaban J connectivity index is 2.02. The summed E-state index contributed by atoms with van der Waals surface area (Å²) in [6.45, 7) is 5.43. The highest BCUT2D eigenvalue weighted by Crippen LogP contribution is 2.11. The quantitative estimate of drug-likeness (QED) is 0.759. The van der Waals surface area contributed by atoms with E-state index in [9.17, 15) is 5.11 Å². The van der Waals surface area contributed by atoms with Crippen molar-refractivity contribution in [1.29, 1.82) is 0 Å². The monoisotopic (exact) mass is 206 g/mol. The summed E-state index contributed by atoms with van der Waals surface area (Å²) in [4.78, 5) is 2.42. The summed E-state index contributed by atoms with van der Waals surface area (Å²) < 4.78 is 0. The van der Waals surface area contributed by atoms with Crippen LogP contribution in [0.15, 0.2) is 24.3 Å². The highest BCUT2D eigenvalue weighted by Gasteiger charge is 2.11. The Kier molecular flexibility index (Phi) is 3.72. The summed E-state index contributed by atoms with van der Waals surface area (Å²) in [6.07, 6.45) is 0. The first kappa shape index (κ1) is 10.6. The Morgan fingerprint density at radius 2 is 1.80 bits per heavy atom. The van der Waals surface area contributed by atoms with E-state index in [4.69, 9.17) is 0 Å². The molecule has 0 unspecified atom stereocenters. The van der Waals surface area contributed by atoms with Crippen LogP contribution in [0.1, 0.15) is 11.1 Å². The highest BCUT2D eigenvalue weighted by molar-refractivity contribution is 5.26. The topological polar surface area (TPSA) is 35.5 Å². The molecule has 0 radical (unpaired) electrons. The summed E-state index contributed by atoms with van der Waals surface area (Å²) in [5.74, 6) is 0. The van der Waals surface area contributed by atoms with Gasteiger partial charge in [-0.2, -0.15) is 0 Å². The van der Waals surface area contributed by atoms with Gasteiger partial charge in [-0.3, -0.25) is 4.90 Å². The fourth-order valence-corrected chi connectivity index (χ4v) is 1.98. The molecule has 0 spiro atoms. The minimum atomic E-state index is 0.141. The van der Waals surface area contributed by atoms with Gasteiger partial charge in [0.2, 0.25) is 0 Å². The van der Waals surface area contributed by atoms with Gasteiger partial charge < -0.3 is 10.4 Å². The summed E-state index contributed by atoms with van der Waals surface area (Å²) in [7, 11) is 0. The first-order valence-corrected chi connectivity index (χ1v) is 5.51. The Hall–Kier alpha value is -0.900. The van der Waals surface area contributed by atoms with E-state index in [1.54, 1.807) is 0 Å². The van der Waals surface area contributed by atoms with Crippen LogP contribution in [0.4, 0.5) is 0 Å². The van der Waals surface area contributed by atoms with Gasteiger partial charge in [0.15, 0.2) is 0 Å². The number of hydrogen-bond donors (Lipinski definition) is 2. The molecule has 15 heavy (non-hydrogen) atoms. The molecule has 0 aromatic heterocycles. The van der Waals surface area contributed by atoms with E-state index in [1.807, 2.05) is 18.2 Å². The van der Waals surface area contributed by atoms with Gasteiger partial charge in [0.05, 0.1) is 6.61 Å². The molecule has 0 saturated carbocycles. The number of benzene rings is 1. The molecule has 0 amide bonds. The van der Waals surface area contributed by atoms with Crippen LogP contribution < -0.4 is 5.32 Å². The second-order valence-electron chi connectivity index (χ2n) is 3.95. The van der Waals surface area contributed by atoms with Crippen LogP contribution in [-0.4, -0.2) is 36.2 Å². The second kappa shape index (κ2) is 5.26. The molecule has 1 heterocycles. The van der Waals surface area contributed by atoms with Crippen molar-refractivity contribution < 1.29 is 5.11 Å². The summed E-state index contributed by atoms with van der Waals surface area (Å²) >= 11 is 0. The van der Waals surface area contributed by atoms with Gasteiger partial charge in [0.25, 0.3) is 0 Å². The lowest BCUT2D eigenvalue weighted by atomic mass is 10.1. The maximum atomic E-state index is 9.22. The molecule has 0 bridgehead atoms. The second-order valence-corrected chi connectivity index (χ2v) is 3.95. The zero-order chi connectivity index (χ0) is 10.5. The number of rotatable bonds is 3. The Morgan fingerprint density at radius 1 is 1.13 bits per heavy atom. The molecule has 1 saturated heterocycles. The molecule has 2 N–H and O–H groups in total. The van der Waals surface area contributed by atoms with Gasteiger partial charge in [-0.1, -0.05) is 24.3 Å². The summed E-state index contributed by atoms with van der Waals surface area (Å²) in [6, 6.07) is 8.12. The van der Waals surface area contributed by atoms with Crippen LogP contribution in [0, 0.1) is 0 Å². The average molecular weight is 206 g/mol. The van der Waals surface area contributed by atoms with Gasteiger partial charge in [-0.15, -0.1) is 0 Å². The van der Waals surface area contributed by atoms with E-state index in [0.29, 0.717) is 0 Å². The largest absolute Gasteiger partial charge is 0.392 e. The Labute approximate surface area is 90.7 Å². The molecule has 1 aromatic carbocycles. The standard InChI is InChI=1S/C12H18N2O/c15-10-12-4-2-1-3-11(12)9-14-7-5-13-6-8-14/h1-4,13,15H,5-10H2. The van der Waals surface area contributed by atoms with Gasteiger partial charge >= 0.3 is 0 Å². The van der Waals surface area contributed by atoms with Gasteiger partial charge in [-0.25, -0.2) is 0 Å². The van der Waals surface area contributed by atoms with Crippen LogP contribution in [0.3, 0.4) is 0 Å². The lowest BCUT2D eigenvalue weighted by Crippen LogP contribution is -2.43. The summed E-state index contributed by atoms with van der Waals surface area (Å²) in [5.41, 5.74) is 2.30. The number of nitrogens with one attached hydrogen (secondary N) is 1. The third kappa shape index (κ3) is 2.78. The van der Waals surface area contributed by atoms with Crippen LogP contribution in [0.25, 0.3) is 0 Å². The van der Waals surface area contributed by atoms with E-state index in [2.05, 4.69) is 16.3 Å². The van der Waals surface area contributed by atoms with Gasteiger partial charge in [0.1, 0.15) is 0 Å². The van der Waals surface area contributed by atoms with Crippen LogP contribution in [-0.2, 0) is 13.2 Å². The van der Waals surface area contributed by atoms with Crippen molar-refractivity contribution in [1.82, 2.24) is 10.2 Å². The number of nitrogens with zero attached hydrogens (tertiary/aromatic N) is 1. The molecule has 1 fully saturated rings. The highest BCUT2D eigenvalue weighted by atomic mass is 16.3. The minimum absolute atomic E-state index is 0.141. The van der Waals surface area contributed by atoms with E-state index in [1.165, 1.54) is 5.56 Å². The van der Waals surface area contributed by atoms with Crippen molar-refractivity contribution in [2.24, 2.45) is 0 Å². The first-order chi connectivity index (χ1) is 7.40. The number of aliphatic hydroxyl groups is 1.